The van der Waals surface area contributed by atoms with Crippen molar-refractivity contribution in [2.75, 3.05) is 0 Å². The van der Waals surface area contributed by atoms with Crippen molar-refractivity contribution in [3.05, 3.63) is 29.3 Å². The maximum absolute atomic E-state index is 10.1. The topological polar surface area (TPSA) is 32.3 Å². The molecule has 5 rings (SSSR count). The molecule has 4 saturated carbocycles. The molecule has 4 aliphatic rings. The Morgan fingerprint density at radius 3 is 2.25 bits per heavy atom. The molecule has 108 valence electrons. The molecule has 4 fully saturated rings. The van der Waals surface area contributed by atoms with E-state index in [2.05, 4.69) is 17.4 Å². The summed E-state index contributed by atoms with van der Waals surface area (Å²) in [6.45, 7) is 2.84. The molecule has 1 aromatic rings. The highest BCUT2D eigenvalue weighted by Crippen LogP contribution is 2.55. The first-order valence-electron chi connectivity index (χ1n) is 8.15. The van der Waals surface area contributed by atoms with Gasteiger partial charge >= 0.3 is 0 Å². The van der Waals surface area contributed by atoms with Gasteiger partial charge < -0.3 is 10.4 Å². The summed E-state index contributed by atoms with van der Waals surface area (Å²) in [4.78, 5) is 0. The molecule has 0 atom stereocenters. The lowest BCUT2D eigenvalue weighted by molar-refractivity contribution is -0.0206. The number of rotatable bonds is 3. The molecule has 1 aromatic carbocycles. The van der Waals surface area contributed by atoms with Gasteiger partial charge in [-0.15, -0.1) is 0 Å². The zero-order chi connectivity index (χ0) is 13.7. The van der Waals surface area contributed by atoms with Crippen molar-refractivity contribution >= 4 is 0 Å². The number of aryl methyl sites for hydroxylation is 1. The van der Waals surface area contributed by atoms with Crippen LogP contribution in [0.2, 0.25) is 0 Å². The third-order valence-electron chi connectivity index (χ3n) is 5.93. The summed E-state index contributed by atoms with van der Waals surface area (Å²) < 4.78 is 0. The Labute approximate surface area is 121 Å². The fraction of sp³-hybridized carbons (Fsp3) is 0.667. The summed E-state index contributed by atoms with van der Waals surface area (Å²) in [7, 11) is 0. The first kappa shape index (κ1) is 12.7. The molecule has 0 radical (unpaired) electrons. The van der Waals surface area contributed by atoms with E-state index in [9.17, 15) is 5.11 Å². The fourth-order valence-corrected chi connectivity index (χ4v) is 5.43. The molecule has 0 spiro atoms. The minimum Gasteiger partial charge on any atom is -0.508 e. The van der Waals surface area contributed by atoms with Crippen molar-refractivity contribution in [3.63, 3.8) is 0 Å². The van der Waals surface area contributed by atoms with Crippen molar-refractivity contribution < 1.29 is 5.11 Å². The second-order valence-corrected chi connectivity index (χ2v) is 7.68. The average Bonchev–Trinajstić information content (AvgIpc) is 2.36. The van der Waals surface area contributed by atoms with Gasteiger partial charge in [-0.1, -0.05) is 12.1 Å². The van der Waals surface area contributed by atoms with Crippen LogP contribution in [0.5, 0.6) is 5.75 Å². The maximum Gasteiger partial charge on any atom is 0.120 e. The van der Waals surface area contributed by atoms with Gasteiger partial charge in [-0.2, -0.15) is 0 Å². The van der Waals surface area contributed by atoms with Gasteiger partial charge in [-0.05, 0) is 74.8 Å². The maximum atomic E-state index is 10.1. The molecular formula is C18H25NO. The van der Waals surface area contributed by atoms with E-state index >= 15 is 0 Å². The van der Waals surface area contributed by atoms with Crippen LogP contribution in [0.3, 0.4) is 0 Å². The number of nitrogens with one attached hydrogen (secondary N) is 1. The Kier molecular flexibility index (Phi) is 2.85. The monoisotopic (exact) mass is 271 g/mol. The van der Waals surface area contributed by atoms with E-state index in [1.807, 2.05) is 13.0 Å². The first-order chi connectivity index (χ1) is 9.62. The Balaban J connectivity index is 1.49. The van der Waals surface area contributed by atoms with Crippen LogP contribution < -0.4 is 5.32 Å². The summed E-state index contributed by atoms with van der Waals surface area (Å²) in [5.41, 5.74) is 2.55. The molecule has 4 aliphatic carbocycles. The van der Waals surface area contributed by atoms with Gasteiger partial charge in [0.2, 0.25) is 0 Å². The number of hydrogen-bond acceptors (Lipinski definition) is 2. The van der Waals surface area contributed by atoms with Gasteiger partial charge in [-0.3, -0.25) is 0 Å². The van der Waals surface area contributed by atoms with E-state index in [1.54, 1.807) is 0 Å². The summed E-state index contributed by atoms with van der Waals surface area (Å²) in [5, 5.41) is 13.9. The third kappa shape index (κ3) is 2.14. The van der Waals surface area contributed by atoms with Crippen LogP contribution in [-0.2, 0) is 6.54 Å². The van der Waals surface area contributed by atoms with Crippen molar-refractivity contribution in [3.8, 4) is 5.75 Å². The first-order valence-corrected chi connectivity index (χ1v) is 8.15. The molecule has 2 N–H and O–H groups in total. The van der Waals surface area contributed by atoms with Gasteiger partial charge in [0.25, 0.3) is 0 Å². The molecular weight excluding hydrogens is 246 g/mol. The Hall–Kier alpha value is -1.02. The second-order valence-electron chi connectivity index (χ2n) is 7.68. The summed E-state index contributed by atoms with van der Waals surface area (Å²) in [6.07, 6.45) is 8.55. The number of hydrogen-bond donors (Lipinski definition) is 2. The molecule has 0 aromatic heterocycles. The van der Waals surface area contributed by atoms with Crippen molar-refractivity contribution in [1.82, 2.24) is 5.32 Å². The predicted molar refractivity (Wildman–Crippen MR) is 80.6 cm³/mol. The van der Waals surface area contributed by atoms with Crippen LogP contribution in [0.15, 0.2) is 18.2 Å². The van der Waals surface area contributed by atoms with Gasteiger partial charge in [0.15, 0.2) is 0 Å². The van der Waals surface area contributed by atoms with E-state index < -0.39 is 0 Å². The largest absolute Gasteiger partial charge is 0.508 e. The minimum atomic E-state index is 0.381. The Morgan fingerprint density at radius 2 is 1.70 bits per heavy atom. The molecule has 0 aliphatic heterocycles. The van der Waals surface area contributed by atoms with Gasteiger partial charge in [0, 0.05) is 17.6 Å². The highest BCUT2D eigenvalue weighted by Gasteiger charge is 2.50. The van der Waals surface area contributed by atoms with Crippen LogP contribution in [0.25, 0.3) is 0 Å². The predicted octanol–water partition coefficient (Wildman–Crippen LogP) is 3.76. The fourth-order valence-electron chi connectivity index (χ4n) is 5.43. The number of benzene rings is 1. The average molecular weight is 271 g/mol. The van der Waals surface area contributed by atoms with E-state index in [1.165, 1.54) is 38.5 Å². The van der Waals surface area contributed by atoms with Gasteiger partial charge in [-0.25, -0.2) is 0 Å². The summed E-state index contributed by atoms with van der Waals surface area (Å²) in [5.74, 6) is 3.36. The van der Waals surface area contributed by atoms with E-state index in [0.717, 1.165) is 35.4 Å². The molecule has 0 heterocycles. The van der Waals surface area contributed by atoms with Crippen molar-refractivity contribution in [2.24, 2.45) is 17.8 Å². The Morgan fingerprint density at radius 1 is 1.10 bits per heavy atom. The van der Waals surface area contributed by atoms with Crippen LogP contribution in [-0.4, -0.2) is 10.6 Å². The number of phenols is 1. The quantitative estimate of drug-likeness (QED) is 0.877. The standard InChI is InChI=1S/C18H25NO/c1-12-2-3-16(17(20)4-12)11-19-18-8-13-5-14(9-18)7-15(6-13)10-18/h2-4,13-15,19-20H,5-11H2,1H3. The smallest absolute Gasteiger partial charge is 0.120 e. The van der Waals surface area contributed by atoms with E-state index in [-0.39, 0.29) is 0 Å². The lowest BCUT2D eigenvalue weighted by Gasteiger charge is -2.57. The zero-order valence-electron chi connectivity index (χ0n) is 12.4. The van der Waals surface area contributed by atoms with Crippen molar-refractivity contribution in [1.29, 1.82) is 0 Å². The van der Waals surface area contributed by atoms with Gasteiger partial charge in [0.1, 0.15) is 5.75 Å². The molecule has 4 bridgehead atoms. The molecule has 20 heavy (non-hydrogen) atoms. The molecule has 0 unspecified atom stereocenters. The molecule has 0 saturated heterocycles. The molecule has 0 amide bonds. The third-order valence-corrected chi connectivity index (χ3v) is 5.93. The summed E-state index contributed by atoms with van der Waals surface area (Å²) in [6, 6.07) is 6.03. The van der Waals surface area contributed by atoms with Gasteiger partial charge in [0.05, 0.1) is 0 Å². The lowest BCUT2D eigenvalue weighted by Crippen LogP contribution is -2.58. The highest BCUT2D eigenvalue weighted by atomic mass is 16.3. The zero-order valence-corrected chi connectivity index (χ0v) is 12.4. The highest BCUT2D eigenvalue weighted by molar-refractivity contribution is 5.35. The Bertz CT molecular complexity index is 487. The summed E-state index contributed by atoms with van der Waals surface area (Å²) >= 11 is 0. The van der Waals surface area contributed by atoms with Crippen LogP contribution in [0.1, 0.15) is 49.7 Å². The SMILES string of the molecule is Cc1ccc(CNC23CC4CC(CC(C4)C2)C3)c(O)c1. The van der Waals surface area contributed by atoms with E-state index in [4.69, 9.17) is 0 Å². The van der Waals surface area contributed by atoms with Crippen molar-refractivity contribution in [2.45, 2.75) is 57.5 Å². The number of aromatic hydroxyl groups is 1. The van der Waals surface area contributed by atoms with Crippen LogP contribution >= 0.6 is 0 Å². The second kappa shape index (κ2) is 4.49. The minimum absolute atomic E-state index is 0.381. The lowest BCUT2D eigenvalue weighted by atomic mass is 9.53. The molecule has 2 nitrogen and oxygen atoms in total. The molecule has 2 heteroatoms. The normalized spacial score (nSPS) is 38.4. The van der Waals surface area contributed by atoms with E-state index in [0.29, 0.717) is 11.3 Å². The van der Waals surface area contributed by atoms with Crippen LogP contribution in [0.4, 0.5) is 0 Å². The van der Waals surface area contributed by atoms with Crippen LogP contribution in [0, 0.1) is 24.7 Å². The number of phenolic OH excluding ortho intramolecular Hbond substituents is 1.